The van der Waals surface area contributed by atoms with Crippen LogP contribution in [0.1, 0.15) is 24.6 Å². The zero-order valence-electron chi connectivity index (χ0n) is 10.6. The number of nitrogens with zero attached hydrogens (tertiary/aromatic N) is 2. The molecule has 0 spiro atoms. The molecule has 1 aromatic rings. The van der Waals surface area contributed by atoms with Crippen molar-refractivity contribution in [1.82, 2.24) is 4.98 Å². The zero-order valence-corrected chi connectivity index (χ0v) is 10.6. The highest BCUT2D eigenvalue weighted by atomic mass is 16.5. The Labute approximate surface area is 103 Å². The standard InChI is InChI=1S/C13H21N3O/c1-3-12-9-17-5-4-16(12)13-7-11(8-14)6-10(2)15-13/h6-7,12H,3-5,8-9,14H2,1-2H3. The van der Waals surface area contributed by atoms with Crippen LogP contribution >= 0.6 is 0 Å². The average Bonchev–Trinajstić information content (AvgIpc) is 2.37. The Kier molecular flexibility index (Phi) is 3.97. The molecule has 0 bridgehead atoms. The summed E-state index contributed by atoms with van der Waals surface area (Å²) in [7, 11) is 0. The van der Waals surface area contributed by atoms with Crippen molar-refractivity contribution in [2.75, 3.05) is 24.7 Å². The minimum atomic E-state index is 0.434. The van der Waals surface area contributed by atoms with Crippen molar-refractivity contribution in [3.05, 3.63) is 23.4 Å². The molecule has 4 nitrogen and oxygen atoms in total. The number of rotatable bonds is 3. The van der Waals surface area contributed by atoms with E-state index >= 15 is 0 Å². The summed E-state index contributed by atoms with van der Waals surface area (Å²) in [5.41, 5.74) is 7.89. The lowest BCUT2D eigenvalue weighted by Crippen LogP contribution is -2.45. The van der Waals surface area contributed by atoms with Crippen LogP contribution in [0.2, 0.25) is 0 Å². The van der Waals surface area contributed by atoms with Gasteiger partial charge in [-0.3, -0.25) is 0 Å². The summed E-state index contributed by atoms with van der Waals surface area (Å²) < 4.78 is 5.52. The molecule has 0 aliphatic carbocycles. The van der Waals surface area contributed by atoms with Gasteiger partial charge in [0.2, 0.25) is 0 Å². The molecule has 1 fully saturated rings. The number of hydrogen-bond acceptors (Lipinski definition) is 4. The minimum absolute atomic E-state index is 0.434. The molecule has 0 amide bonds. The Hall–Kier alpha value is -1.13. The number of anilines is 1. The first-order valence-electron chi connectivity index (χ1n) is 6.26. The van der Waals surface area contributed by atoms with E-state index < -0.39 is 0 Å². The SMILES string of the molecule is CCC1COCCN1c1cc(CN)cc(C)n1. The Balaban J connectivity index is 2.27. The van der Waals surface area contributed by atoms with Crippen LogP contribution in [0.15, 0.2) is 12.1 Å². The van der Waals surface area contributed by atoms with E-state index in [0.717, 1.165) is 43.3 Å². The lowest BCUT2D eigenvalue weighted by atomic mass is 10.1. The molecule has 0 radical (unpaired) electrons. The van der Waals surface area contributed by atoms with Gasteiger partial charge in [0.1, 0.15) is 5.82 Å². The quantitative estimate of drug-likeness (QED) is 0.862. The third-order valence-corrected chi connectivity index (χ3v) is 3.23. The Morgan fingerprint density at radius 1 is 1.53 bits per heavy atom. The average molecular weight is 235 g/mol. The molecule has 2 heterocycles. The molecule has 1 saturated heterocycles. The first-order chi connectivity index (χ1) is 8.24. The van der Waals surface area contributed by atoms with Crippen LogP contribution in [-0.2, 0) is 11.3 Å². The third-order valence-electron chi connectivity index (χ3n) is 3.23. The monoisotopic (exact) mass is 235 g/mol. The van der Waals surface area contributed by atoms with E-state index in [1.54, 1.807) is 0 Å². The number of morpholine rings is 1. The predicted octanol–water partition coefficient (Wildman–Crippen LogP) is 1.46. The number of pyridine rings is 1. The fourth-order valence-corrected chi connectivity index (χ4v) is 2.28. The van der Waals surface area contributed by atoms with Gasteiger partial charge in [0, 0.05) is 18.8 Å². The first-order valence-corrected chi connectivity index (χ1v) is 6.26. The van der Waals surface area contributed by atoms with Gasteiger partial charge in [-0.05, 0) is 31.0 Å². The maximum Gasteiger partial charge on any atom is 0.129 e. The van der Waals surface area contributed by atoms with E-state index in [0.29, 0.717) is 12.6 Å². The minimum Gasteiger partial charge on any atom is -0.377 e. The number of hydrogen-bond donors (Lipinski definition) is 1. The number of aryl methyl sites for hydroxylation is 1. The van der Waals surface area contributed by atoms with Crippen LogP contribution < -0.4 is 10.6 Å². The molecule has 1 aliphatic rings. The predicted molar refractivity (Wildman–Crippen MR) is 69.1 cm³/mol. The number of aromatic nitrogens is 1. The van der Waals surface area contributed by atoms with Gasteiger partial charge >= 0.3 is 0 Å². The van der Waals surface area contributed by atoms with Gasteiger partial charge in [0.15, 0.2) is 0 Å². The van der Waals surface area contributed by atoms with Gasteiger partial charge in [-0.25, -0.2) is 4.98 Å². The summed E-state index contributed by atoms with van der Waals surface area (Å²) in [4.78, 5) is 6.96. The zero-order chi connectivity index (χ0) is 12.3. The summed E-state index contributed by atoms with van der Waals surface area (Å²) in [5.74, 6) is 1.04. The van der Waals surface area contributed by atoms with Crippen LogP contribution in [0.5, 0.6) is 0 Å². The highest BCUT2D eigenvalue weighted by Crippen LogP contribution is 2.21. The van der Waals surface area contributed by atoms with Crippen molar-refractivity contribution in [3.8, 4) is 0 Å². The molecular weight excluding hydrogens is 214 g/mol. The Bertz CT molecular complexity index is 381. The molecule has 17 heavy (non-hydrogen) atoms. The second-order valence-corrected chi connectivity index (χ2v) is 4.51. The maximum absolute atomic E-state index is 5.71. The third kappa shape index (κ3) is 2.76. The smallest absolute Gasteiger partial charge is 0.129 e. The summed E-state index contributed by atoms with van der Waals surface area (Å²) in [5, 5.41) is 0. The molecule has 1 atom stereocenters. The highest BCUT2D eigenvalue weighted by Gasteiger charge is 2.22. The fourth-order valence-electron chi connectivity index (χ4n) is 2.28. The molecule has 2 rings (SSSR count). The van der Waals surface area contributed by atoms with E-state index in [1.165, 1.54) is 0 Å². The van der Waals surface area contributed by atoms with E-state index in [9.17, 15) is 0 Å². The van der Waals surface area contributed by atoms with Crippen molar-refractivity contribution in [2.45, 2.75) is 32.9 Å². The van der Waals surface area contributed by atoms with Gasteiger partial charge in [-0.15, -0.1) is 0 Å². The summed E-state index contributed by atoms with van der Waals surface area (Å²) >= 11 is 0. The number of nitrogens with two attached hydrogens (primary N) is 1. The second kappa shape index (κ2) is 5.47. The molecule has 1 aliphatic heterocycles. The van der Waals surface area contributed by atoms with Crippen LogP contribution in [0.25, 0.3) is 0 Å². The largest absolute Gasteiger partial charge is 0.377 e. The molecular formula is C13H21N3O. The van der Waals surface area contributed by atoms with Crippen LogP contribution in [0, 0.1) is 6.92 Å². The van der Waals surface area contributed by atoms with E-state index in [4.69, 9.17) is 10.5 Å². The van der Waals surface area contributed by atoms with Gasteiger partial charge in [0.05, 0.1) is 19.3 Å². The summed E-state index contributed by atoms with van der Waals surface area (Å²) in [6.45, 7) is 7.26. The molecule has 0 aromatic carbocycles. The van der Waals surface area contributed by atoms with Crippen LogP contribution in [0.3, 0.4) is 0 Å². The molecule has 2 N–H and O–H groups in total. The lowest BCUT2D eigenvalue weighted by molar-refractivity contribution is 0.0925. The molecule has 94 valence electrons. The normalized spacial score (nSPS) is 20.6. The van der Waals surface area contributed by atoms with Gasteiger partial charge < -0.3 is 15.4 Å². The van der Waals surface area contributed by atoms with Crippen molar-refractivity contribution in [2.24, 2.45) is 5.73 Å². The Morgan fingerprint density at radius 2 is 2.35 bits per heavy atom. The van der Waals surface area contributed by atoms with Crippen LogP contribution in [0.4, 0.5) is 5.82 Å². The van der Waals surface area contributed by atoms with Crippen molar-refractivity contribution in [1.29, 1.82) is 0 Å². The lowest BCUT2D eigenvalue weighted by Gasteiger charge is -2.36. The fraction of sp³-hybridized carbons (Fsp3) is 0.615. The number of ether oxygens (including phenoxy) is 1. The topological polar surface area (TPSA) is 51.4 Å². The van der Waals surface area contributed by atoms with Crippen molar-refractivity contribution >= 4 is 5.82 Å². The molecule has 0 saturated carbocycles. The maximum atomic E-state index is 5.71. The van der Waals surface area contributed by atoms with Crippen molar-refractivity contribution < 1.29 is 4.74 Å². The molecule has 1 aromatic heterocycles. The van der Waals surface area contributed by atoms with E-state index in [-0.39, 0.29) is 0 Å². The first kappa shape index (κ1) is 12.3. The molecule has 1 unspecified atom stereocenters. The van der Waals surface area contributed by atoms with Crippen molar-refractivity contribution in [3.63, 3.8) is 0 Å². The summed E-state index contributed by atoms with van der Waals surface area (Å²) in [6.07, 6.45) is 1.08. The highest BCUT2D eigenvalue weighted by molar-refractivity contribution is 5.44. The van der Waals surface area contributed by atoms with Gasteiger partial charge in [0.25, 0.3) is 0 Å². The van der Waals surface area contributed by atoms with Crippen LogP contribution in [-0.4, -0.2) is 30.8 Å². The summed E-state index contributed by atoms with van der Waals surface area (Å²) in [6, 6.07) is 4.58. The second-order valence-electron chi connectivity index (χ2n) is 4.51. The van der Waals surface area contributed by atoms with Gasteiger partial charge in [-0.1, -0.05) is 6.92 Å². The molecule has 4 heteroatoms. The van der Waals surface area contributed by atoms with E-state index in [1.807, 2.05) is 13.0 Å². The Morgan fingerprint density at radius 3 is 3.06 bits per heavy atom. The van der Waals surface area contributed by atoms with E-state index in [2.05, 4.69) is 22.9 Å². The van der Waals surface area contributed by atoms with Gasteiger partial charge in [-0.2, -0.15) is 0 Å².